The minimum absolute atomic E-state index is 0.0340. The molecular formula is C16H28O4P2. The van der Waals surface area contributed by atoms with Crippen molar-refractivity contribution in [3.05, 3.63) is 0 Å². The van der Waals surface area contributed by atoms with Crippen LogP contribution in [0.2, 0.25) is 0 Å². The molecule has 1 saturated heterocycles. The van der Waals surface area contributed by atoms with Crippen LogP contribution in [0.15, 0.2) is 0 Å². The largest absolute Gasteiger partial charge is 0.462 e. The van der Waals surface area contributed by atoms with E-state index in [0.717, 1.165) is 19.3 Å². The second kappa shape index (κ2) is 7.88. The molecule has 22 heavy (non-hydrogen) atoms. The Kier molecular flexibility index (Phi) is 6.12. The predicted octanol–water partition coefficient (Wildman–Crippen LogP) is 3.65. The van der Waals surface area contributed by atoms with Gasteiger partial charge >= 0.3 is 5.97 Å². The lowest BCUT2D eigenvalue weighted by Gasteiger charge is -2.31. The molecule has 0 aromatic carbocycles. The Morgan fingerprint density at radius 2 is 2.00 bits per heavy atom. The summed E-state index contributed by atoms with van der Waals surface area (Å²) >= 11 is 0. The summed E-state index contributed by atoms with van der Waals surface area (Å²) in [6.45, 7) is 0. The average Bonchev–Trinajstić information content (AvgIpc) is 3.05. The molecule has 0 aromatic heterocycles. The Morgan fingerprint density at radius 3 is 2.68 bits per heavy atom. The van der Waals surface area contributed by atoms with Gasteiger partial charge in [0.15, 0.2) is 0 Å². The van der Waals surface area contributed by atoms with Crippen LogP contribution in [-0.4, -0.2) is 24.3 Å². The first-order valence-electron chi connectivity index (χ1n) is 8.63. The van der Waals surface area contributed by atoms with Gasteiger partial charge in [-0.15, -0.1) is 0 Å². The molecule has 2 saturated carbocycles. The Labute approximate surface area is 138 Å². The SMILES string of the molecule is O=C1C[C@H]2C(CC(OP)[C@@H]2CCC(OP)C2CCCCC2)O1. The third kappa shape index (κ3) is 3.66. The average molecular weight is 346 g/mol. The van der Waals surface area contributed by atoms with Gasteiger partial charge in [0, 0.05) is 31.3 Å². The molecule has 1 heterocycles. The first-order chi connectivity index (χ1) is 10.7. The number of carbonyl (C=O) groups excluding carboxylic acids is 1. The van der Waals surface area contributed by atoms with Crippen LogP contribution in [0.1, 0.15) is 57.8 Å². The van der Waals surface area contributed by atoms with Crippen molar-refractivity contribution in [3.63, 3.8) is 0 Å². The molecule has 0 radical (unpaired) electrons. The zero-order valence-electron chi connectivity index (χ0n) is 13.1. The van der Waals surface area contributed by atoms with Crippen molar-refractivity contribution in [1.29, 1.82) is 0 Å². The summed E-state index contributed by atoms with van der Waals surface area (Å²) in [6.07, 6.45) is 10.8. The van der Waals surface area contributed by atoms with Crippen LogP contribution < -0.4 is 0 Å². The zero-order valence-corrected chi connectivity index (χ0v) is 15.4. The molecule has 7 atom stereocenters. The summed E-state index contributed by atoms with van der Waals surface area (Å²) in [7, 11) is 4.87. The number of ether oxygens (including phenoxy) is 1. The van der Waals surface area contributed by atoms with Crippen molar-refractivity contribution in [1.82, 2.24) is 0 Å². The lowest BCUT2D eigenvalue weighted by molar-refractivity contribution is -0.141. The number of carbonyl (C=O) groups is 1. The summed E-state index contributed by atoms with van der Waals surface area (Å²) in [6, 6.07) is 0. The van der Waals surface area contributed by atoms with Crippen molar-refractivity contribution in [2.24, 2.45) is 17.8 Å². The maximum atomic E-state index is 11.5. The highest BCUT2D eigenvalue weighted by molar-refractivity contribution is 7.10. The third-order valence-corrected chi connectivity index (χ3v) is 6.66. The van der Waals surface area contributed by atoms with Gasteiger partial charge in [0.05, 0.1) is 18.6 Å². The Morgan fingerprint density at radius 1 is 1.23 bits per heavy atom. The molecule has 0 aromatic rings. The fourth-order valence-corrected chi connectivity index (χ4v) is 5.46. The van der Waals surface area contributed by atoms with Gasteiger partial charge in [-0.1, -0.05) is 19.3 Å². The molecule has 3 fully saturated rings. The second-order valence-corrected chi connectivity index (χ2v) is 7.66. The molecular weight excluding hydrogens is 318 g/mol. The minimum Gasteiger partial charge on any atom is -0.462 e. The van der Waals surface area contributed by atoms with Gasteiger partial charge in [-0.3, -0.25) is 4.79 Å². The molecule has 0 N–H and O–H groups in total. The minimum atomic E-state index is -0.0340. The molecule has 4 nitrogen and oxygen atoms in total. The molecule has 0 amide bonds. The lowest BCUT2D eigenvalue weighted by Crippen LogP contribution is -2.27. The molecule has 2 aliphatic carbocycles. The number of hydrogen-bond donors (Lipinski definition) is 0. The molecule has 3 rings (SSSR count). The van der Waals surface area contributed by atoms with Crippen LogP contribution in [-0.2, 0) is 18.6 Å². The Hall–Kier alpha value is 0.250. The van der Waals surface area contributed by atoms with Crippen molar-refractivity contribution >= 4 is 24.9 Å². The fraction of sp³-hybridized carbons (Fsp3) is 0.938. The van der Waals surface area contributed by atoms with E-state index in [9.17, 15) is 4.79 Å². The summed E-state index contributed by atoms with van der Waals surface area (Å²) < 4.78 is 16.7. The second-order valence-electron chi connectivity index (χ2n) is 7.12. The van der Waals surface area contributed by atoms with Gasteiger partial charge in [0.2, 0.25) is 0 Å². The van der Waals surface area contributed by atoms with Gasteiger partial charge in [-0.2, -0.15) is 0 Å². The van der Waals surface area contributed by atoms with Crippen LogP contribution in [0.3, 0.4) is 0 Å². The predicted molar refractivity (Wildman–Crippen MR) is 91.1 cm³/mol. The van der Waals surface area contributed by atoms with Crippen molar-refractivity contribution in [2.45, 2.75) is 76.1 Å². The molecule has 126 valence electrons. The molecule has 5 unspecified atom stereocenters. The molecule has 3 aliphatic rings. The lowest BCUT2D eigenvalue weighted by atomic mass is 9.81. The first-order valence-corrected chi connectivity index (χ1v) is 9.57. The van der Waals surface area contributed by atoms with Gasteiger partial charge in [0.1, 0.15) is 6.10 Å². The van der Waals surface area contributed by atoms with Gasteiger partial charge in [0.25, 0.3) is 0 Å². The van der Waals surface area contributed by atoms with E-state index in [2.05, 4.69) is 18.9 Å². The highest BCUT2D eigenvalue weighted by Crippen LogP contribution is 2.46. The summed E-state index contributed by atoms with van der Waals surface area (Å²) in [5.74, 6) is 1.42. The van der Waals surface area contributed by atoms with Crippen LogP contribution in [0, 0.1) is 17.8 Å². The number of hydrogen-bond acceptors (Lipinski definition) is 4. The third-order valence-electron chi connectivity index (χ3n) is 5.96. The van der Waals surface area contributed by atoms with Crippen LogP contribution >= 0.6 is 18.9 Å². The highest BCUT2D eigenvalue weighted by atomic mass is 31.0. The fourth-order valence-electron chi connectivity index (χ4n) is 4.79. The maximum Gasteiger partial charge on any atom is 0.306 e. The van der Waals surface area contributed by atoms with E-state index in [1.807, 2.05) is 0 Å². The normalized spacial score (nSPS) is 37.1. The number of esters is 1. The van der Waals surface area contributed by atoms with E-state index in [4.69, 9.17) is 13.8 Å². The summed E-state index contributed by atoms with van der Waals surface area (Å²) in [5.41, 5.74) is 0. The van der Waals surface area contributed by atoms with E-state index in [0.29, 0.717) is 30.3 Å². The standard InChI is InChI=1S/C16H28O4P2/c17-16-8-12-11(15(20-22)9-14(12)18-16)6-7-13(19-21)10-4-2-1-3-5-10/h10-15H,1-9,21-22H2/t11-,12-,13?,14?,15?/m1/s1. The molecule has 0 bridgehead atoms. The molecule has 1 aliphatic heterocycles. The first kappa shape index (κ1) is 17.1. The Balaban J connectivity index is 1.57. The highest BCUT2D eigenvalue weighted by Gasteiger charge is 2.50. The van der Waals surface area contributed by atoms with Crippen molar-refractivity contribution < 1.29 is 18.6 Å². The Bertz CT molecular complexity index is 386. The number of rotatable bonds is 6. The van der Waals surface area contributed by atoms with Crippen molar-refractivity contribution in [2.75, 3.05) is 0 Å². The summed E-state index contributed by atoms with van der Waals surface area (Å²) in [5, 5.41) is 0. The summed E-state index contributed by atoms with van der Waals surface area (Å²) in [4.78, 5) is 11.5. The number of fused-ring (bicyclic) bond motifs is 1. The quantitative estimate of drug-likeness (QED) is 0.544. The van der Waals surface area contributed by atoms with Crippen LogP contribution in [0.4, 0.5) is 0 Å². The van der Waals surface area contributed by atoms with Gasteiger partial charge < -0.3 is 13.8 Å². The van der Waals surface area contributed by atoms with E-state index in [1.165, 1.54) is 32.1 Å². The monoisotopic (exact) mass is 346 g/mol. The van der Waals surface area contributed by atoms with Crippen LogP contribution in [0.25, 0.3) is 0 Å². The van der Waals surface area contributed by atoms with E-state index in [1.54, 1.807) is 0 Å². The van der Waals surface area contributed by atoms with E-state index >= 15 is 0 Å². The smallest absolute Gasteiger partial charge is 0.306 e. The topological polar surface area (TPSA) is 44.8 Å². The van der Waals surface area contributed by atoms with Gasteiger partial charge in [-0.25, -0.2) is 0 Å². The van der Waals surface area contributed by atoms with Gasteiger partial charge in [-0.05, 0) is 37.5 Å². The van der Waals surface area contributed by atoms with Crippen LogP contribution in [0.5, 0.6) is 0 Å². The molecule has 0 spiro atoms. The van der Waals surface area contributed by atoms with E-state index < -0.39 is 0 Å². The maximum absolute atomic E-state index is 11.5. The molecule has 6 heteroatoms. The van der Waals surface area contributed by atoms with E-state index in [-0.39, 0.29) is 18.2 Å². The zero-order chi connectivity index (χ0) is 15.5. The van der Waals surface area contributed by atoms with Crippen molar-refractivity contribution in [3.8, 4) is 0 Å².